The molecule has 0 amide bonds. The minimum atomic E-state index is -3.16. The summed E-state index contributed by atoms with van der Waals surface area (Å²) in [6.07, 6.45) is 2.05. The largest absolute Gasteiger partial charge is 0.270 e. The lowest BCUT2D eigenvalue weighted by molar-refractivity contribution is 0.596. The van der Waals surface area contributed by atoms with Crippen LogP contribution in [0.25, 0.3) is 0 Å². The molecule has 0 aliphatic heterocycles. The van der Waals surface area contributed by atoms with Crippen molar-refractivity contribution in [1.82, 2.24) is 0 Å². The van der Waals surface area contributed by atoms with Crippen LogP contribution in [-0.2, 0) is 10.0 Å². The second-order valence-corrected chi connectivity index (χ2v) is 5.58. The van der Waals surface area contributed by atoms with Crippen molar-refractivity contribution in [2.45, 2.75) is 20.3 Å². The summed E-state index contributed by atoms with van der Waals surface area (Å²) in [6, 6.07) is 7.52. The van der Waals surface area contributed by atoms with Gasteiger partial charge in [-0.3, -0.25) is 4.31 Å². The second kappa shape index (κ2) is 4.66. The van der Waals surface area contributed by atoms with E-state index < -0.39 is 10.0 Å². The highest BCUT2D eigenvalue weighted by Gasteiger charge is 2.15. The highest BCUT2D eigenvalue weighted by molar-refractivity contribution is 7.92. The Labute approximate surface area is 91.8 Å². The first-order valence-corrected chi connectivity index (χ1v) is 6.84. The van der Waals surface area contributed by atoms with Gasteiger partial charge in [0.25, 0.3) is 0 Å². The van der Waals surface area contributed by atoms with Gasteiger partial charge >= 0.3 is 0 Å². The van der Waals surface area contributed by atoms with Crippen LogP contribution < -0.4 is 4.31 Å². The topological polar surface area (TPSA) is 37.4 Å². The SMILES string of the molecule is CCCN(c1ccc(C)cc1)S(C)(=O)=O. The number of hydrogen-bond donors (Lipinski definition) is 0. The van der Waals surface area contributed by atoms with Crippen LogP contribution in [0.5, 0.6) is 0 Å². The Morgan fingerprint density at radius 1 is 1.20 bits per heavy atom. The third-order valence-electron chi connectivity index (χ3n) is 2.15. The van der Waals surface area contributed by atoms with E-state index in [-0.39, 0.29) is 0 Å². The van der Waals surface area contributed by atoms with E-state index in [1.807, 2.05) is 38.1 Å². The van der Waals surface area contributed by atoms with Crippen LogP contribution in [0.15, 0.2) is 24.3 Å². The lowest BCUT2D eigenvalue weighted by Crippen LogP contribution is -2.30. The highest BCUT2D eigenvalue weighted by Crippen LogP contribution is 2.18. The molecule has 1 aromatic rings. The number of rotatable bonds is 4. The van der Waals surface area contributed by atoms with E-state index in [0.717, 1.165) is 17.7 Å². The van der Waals surface area contributed by atoms with E-state index in [0.29, 0.717) is 6.54 Å². The fourth-order valence-electron chi connectivity index (χ4n) is 1.40. The van der Waals surface area contributed by atoms with Gasteiger partial charge in [0.2, 0.25) is 10.0 Å². The van der Waals surface area contributed by atoms with Crippen molar-refractivity contribution in [1.29, 1.82) is 0 Å². The van der Waals surface area contributed by atoms with Gasteiger partial charge in [0, 0.05) is 6.54 Å². The summed E-state index contributed by atoms with van der Waals surface area (Å²) in [5, 5.41) is 0. The monoisotopic (exact) mass is 227 g/mol. The maximum Gasteiger partial charge on any atom is 0.232 e. The molecule has 0 aliphatic rings. The minimum Gasteiger partial charge on any atom is -0.270 e. The summed E-state index contributed by atoms with van der Waals surface area (Å²) < 4.78 is 24.5. The predicted molar refractivity (Wildman–Crippen MR) is 63.7 cm³/mol. The molecule has 15 heavy (non-hydrogen) atoms. The maximum absolute atomic E-state index is 11.5. The molecular formula is C11H17NO2S. The molecule has 0 aliphatic carbocycles. The van der Waals surface area contributed by atoms with Crippen molar-refractivity contribution in [2.24, 2.45) is 0 Å². The summed E-state index contributed by atoms with van der Waals surface area (Å²) in [5.74, 6) is 0. The maximum atomic E-state index is 11.5. The number of anilines is 1. The number of aryl methyl sites for hydroxylation is 1. The molecule has 0 N–H and O–H groups in total. The Hall–Kier alpha value is -1.03. The number of hydrogen-bond acceptors (Lipinski definition) is 2. The van der Waals surface area contributed by atoms with E-state index in [1.165, 1.54) is 10.6 Å². The summed E-state index contributed by atoms with van der Waals surface area (Å²) >= 11 is 0. The van der Waals surface area contributed by atoms with Crippen molar-refractivity contribution < 1.29 is 8.42 Å². The van der Waals surface area contributed by atoms with Gasteiger partial charge in [0.05, 0.1) is 11.9 Å². The molecule has 0 radical (unpaired) electrons. The third kappa shape index (κ3) is 3.23. The molecule has 3 nitrogen and oxygen atoms in total. The molecule has 4 heteroatoms. The molecule has 0 spiro atoms. The van der Waals surface area contributed by atoms with Crippen LogP contribution in [0.1, 0.15) is 18.9 Å². The molecular weight excluding hydrogens is 210 g/mol. The third-order valence-corrected chi connectivity index (χ3v) is 3.34. The molecule has 0 aromatic heterocycles. The Kier molecular flexibility index (Phi) is 3.74. The smallest absolute Gasteiger partial charge is 0.232 e. The van der Waals surface area contributed by atoms with Gasteiger partial charge in [-0.2, -0.15) is 0 Å². The quantitative estimate of drug-likeness (QED) is 0.790. The van der Waals surface area contributed by atoms with Gasteiger partial charge in [-0.15, -0.1) is 0 Å². The normalized spacial score (nSPS) is 11.4. The van der Waals surface area contributed by atoms with Crippen LogP contribution in [0, 0.1) is 6.92 Å². The van der Waals surface area contributed by atoms with E-state index in [2.05, 4.69) is 0 Å². The Morgan fingerprint density at radius 2 is 1.73 bits per heavy atom. The molecule has 0 saturated carbocycles. The first kappa shape index (κ1) is 12.0. The summed E-state index contributed by atoms with van der Waals surface area (Å²) in [5.41, 5.74) is 1.87. The zero-order chi connectivity index (χ0) is 11.5. The van der Waals surface area contributed by atoms with Crippen molar-refractivity contribution in [2.75, 3.05) is 17.1 Å². The molecule has 0 heterocycles. The number of nitrogens with zero attached hydrogens (tertiary/aromatic N) is 1. The Morgan fingerprint density at radius 3 is 2.13 bits per heavy atom. The van der Waals surface area contributed by atoms with Crippen LogP contribution in [0.3, 0.4) is 0 Å². The molecule has 1 rings (SSSR count). The fourth-order valence-corrected chi connectivity index (χ4v) is 2.42. The number of benzene rings is 1. The minimum absolute atomic E-state index is 0.530. The standard InChI is InChI=1S/C11H17NO2S/c1-4-9-12(15(3,13)14)11-7-5-10(2)6-8-11/h5-8H,4,9H2,1-3H3. The molecule has 0 saturated heterocycles. The molecule has 84 valence electrons. The average molecular weight is 227 g/mol. The molecule has 0 bridgehead atoms. The van der Waals surface area contributed by atoms with Crippen LogP contribution in [0.4, 0.5) is 5.69 Å². The molecule has 0 fully saturated rings. The van der Waals surface area contributed by atoms with Crippen molar-refractivity contribution >= 4 is 15.7 Å². The Bertz CT molecular complexity index is 409. The lowest BCUT2D eigenvalue weighted by Gasteiger charge is -2.21. The molecule has 0 atom stereocenters. The molecule has 0 unspecified atom stereocenters. The fraction of sp³-hybridized carbons (Fsp3) is 0.455. The molecule has 1 aromatic carbocycles. The van der Waals surface area contributed by atoms with Gasteiger partial charge in [-0.25, -0.2) is 8.42 Å². The first-order chi connectivity index (χ1) is 6.95. The second-order valence-electron chi connectivity index (χ2n) is 3.67. The van der Waals surface area contributed by atoms with E-state index in [1.54, 1.807) is 0 Å². The lowest BCUT2D eigenvalue weighted by atomic mass is 10.2. The predicted octanol–water partition coefficient (Wildman–Crippen LogP) is 2.17. The summed E-state index contributed by atoms with van der Waals surface area (Å²) in [4.78, 5) is 0. The Balaban J connectivity index is 3.05. The zero-order valence-corrected chi connectivity index (χ0v) is 10.2. The van der Waals surface area contributed by atoms with Gasteiger partial charge in [0.15, 0.2) is 0 Å². The van der Waals surface area contributed by atoms with Crippen molar-refractivity contribution in [3.63, 3.8) is 0 Å². The highest BCUT2D eigenvalue weighted by atomic mass is 32.2. The van der Waals surface area contributed by atoms with Gasteiger partial charge in [-0.1, -0.05) is 24.6 Å². The van der Waals surface area contributed by atoms with E-state index in [4.69, 9.17) is 0 Å². The summed E-state index contributed by atoms with van der Waals surface area (Å²) in [7, 11) is -3.16. The van der Waals surface area contributed by atoms with Crippen molar-refractivity contribution in [3.8, 4) is 0 Å². The van der Waals surface area contributed by atoms with E-state index in [9.17, 15) is 8.42 Å². The zero-order valence-electron chi connectivity index (χ0n) is 9.40. The first-order valence-electron chi connectivity index (χ1n) is 4.99. The van der Waals surface area contributed by atoms with Gasteiger partial charge in [0.1, 0.15) is 0 Å². The van der Waals surface area contributed by atoms with Crippen LogP contribution >= 0.6 is 0 Å². The van der Waals surface area contributed by atoms with Gasteiger partial charge in [-0.05, 0) is 25.5 Å². The summed E-state index contributed by atoms with van der Waals surface area (Å²) in [6.45, 7) is 4.47. The van der Waals surface area contributed by atoms with E-state index >= 15 is 0 Å². The average Bonchev–Trinajstić information content (AvgIpc) is 2.14. The van der Waals surface area contributed by atoms with Gasteiger partial charge < -0.3 is 0 Å². The number of sulfonamides is 1. The van der Waals surface area contributed by atoms with Crippen LogP contribution in [-0.4, -0.2) is 21.2 Å². The van der Waals surface area contributed by atoms with Crippen LogP contribution in [0.2, 0.25) is 0 Å². The van der Waals surface area contributed by atoms with Crippen molar-refractivity contribution in [3.05, 3.63) is 29.8 Å².